The zero-order chi connectivity index (χ0) is 13.3. The first-order valence-electron chi connectivity index (χ1n) is 5.79. The molecule has 0 fully saturated rings. The zero-order valence-electron chi connectivity index (χ0n) is 11.0. The van der Waals surface area contributed by atoms with Gasteiger partial charge in [0.1, 0.15) is 0 Å². The third-order valence-electron chi connectivity index (χ3n) is 2.48. The van der Waals surface area contributed by atoms with Crippen LogP contribution in [0.25, 0.3) is 10.9 Å². The second-order valence-corrected chi connectivity index (χ2v) is 7.02. The van der Waals surface area contributed by atoms with Gasteiger partial charge in [-0.1, -0.05) is 20.8 Å². The second kappa shape index (κ2) is 4.69. The van der Waals surface area contributed by atoms with E-state index < -0.39 is 0 Å². The summed E-state index contributed by atoms with van der Waals surface area (Å²) in [6, 6.07) is 6.10. The van der Waals surface area contributed by atoms with Crippen LogP contribution >= 0.6 is 11.8 Å². The quantitative estimate of drug-likeness (QED) is 0.661. The predicted octanol–water partition coefficient (Wildman–Crippen LogP) is 3.85. The third kappa shape index (κ3) is 2.70. The Labute approximate surface area is 111 Å². The number of carbonyl (C=O) groups is 1. The van der Waals surface area contributed by atoms with Crippen molar-refractivity contribution in [3.05, 3.63) is 30.0 Å². The van der Waals surface area contributed by atoms with Crippen LogP contribution in [0.4, 0.5) is 0 Å². The van der Waals surface area contributed by atoms with E-state index in [0.717, 1.165) is 15.8 Å². The van der Waals surface area contributed by atoms with Gasteiger partial charge in [0.25, 0.3) is 0 Å². The summed E-state index contributed by atoms with van der Waals surface area (Å²) in [7, 11) is 1.40. The first-order valence-corrected chi connectivity index (χ1v) is 6.61. The molecule has 0 aliphatic carbocycles. The normalized spacial score (nSPS) is 11.8. The summed E-state index contributed by atoms with van der Waals surface area (Å²) in [5.74, 6) is -0.306. The Balaban J connectivity index is 2.45. The molecule has 2 rings (SSSR count). The molecule has 0 bridgehead atoms. The van der Waals surface area contributed by atoms with E-state index in [1.165, 1.54) is 7.11 Å². The molecule has 1 heterocycles. The first kappa shape index (κ1) is 13.0. The summed E-state index contributed by atoms with van der Waals surface area (Å²) in [4.78, 5) is 15.9. The fraction of sp³-hybridized carbons (Fsp3) is 0.357. The Hall–Kier alpha value is -1.42. The Morgan fingerprint density at radius 1 is 1.33 bits per heavy atom. The topological polar surface area (TPSA) is 42.1 Å². The first-order chi connectivity index (χ1) is 8.40. The number of fused-ring (bicyclic) bond motifs is 1. The molecular weight excluding hydrogens is 246 g/mol. The lowest BCUT2D eigenvalue weighted by molar-refractivity contribution is 0.0603. The van der Waals surface area contributed by atoms with E-state index in [4.69, 9.17) is 4.74 Å². The van der Waals surface area contributed by atoms with Crippen molar-refractivity contribution in [2.75, 3.05) is 7.11 Å². The number of thioether (sulfide) groups is 1. The van der Waals surface area contributed by atoms with Gasteiger partial charge in [0, 0.05) is 26.7 Å². The van der Waals surface area contributed by atoms with Gasteiger partial charge >= 0.3 is 5.97 Å². The Kier molecular flexibility index (Phi) is 3.39. The molecule has 0 spiro atoms. The lowest BCUT2D eigenvalue weighted by atomic mass is 10.2. The van der Waals surface area contributed by atoms with E-state index in [9.17, 15) is 4.79 Å². The molecule has 1 N–H and O–H groups in total. The zero-order valence-corrected chi connectivity index (χ0v) is 11.9. The molecule has 0 unspecified atom stereocenters. The van der Waals surface area contributed by atoms with E-state index in [1.807, 2.05) is 12.1 Å². The molecule has 0 saturated heterocycles. The monoisotopic (exact) mass is 263 g/mol. The number of nitrogens with one attached hydrogen (secondary N) is 1. The van der Waals surface area contributed by atoms with Crippen LogP contribution in [0, 0.1) is 0 Å². The minimum absolute atomic E-state index is 0.148. The van der Waals surface area contributed by atoms with Crippen LogP contribution in [0.5, 0.6) is 0 Å². The lowest BCUT2D eigenvalue weighted by Gasteiger charge is -2.17. The highest BCUT2D eigenvalue weighted by Crippen LogP contribution is 2.34. The van der Waals surface area contributed by atoms with Crippen molar-refractivity contribution in [2.24, 2.45) is 0 Å². The second-order valence-electron chi connectivity index (χ2n) is 5.12. The molecule has 1 aromatic heterocycles. The number of ether oxygens (including phenoxy) is 1. The number of rotatable bonds is 2. The maximum atomic E-state index is 11.6. The number of H-pyrrole nitrogens is 1. The average Bonchev–Trinajstić information content (AvgIpc) is 2.69. The molecule has 1 aromatic carbocycles. The van der Waals surface area contributed by atoms with Crippen LogP contribution in [0.2, 0.25) is 0 Å². The van der Waals surface area contributed by atoms with E-state index in [-0.39, 0.29) is 10.7 Å². The smallest absolute Gasteiger partial charge is 0.340 e. The number of carbonyl (C=O) groups excluding carboxylic acids is 1. The number of benzene rings is 1. The summed E-state index contributed by atoms with van der Waals surface area (Å²) < 4.78 is 4.93. The molecule has 3 nitrogen and oxygen atoms in total. The Bertz CT molecular complexity index is 581. The van der Waals surface area contributed by atoms with E-state index in [0.29, 0.717) is 5.56 Å². The highest BCUT2D eigenvalue weighted by atomic mass is 32.2. The van der Waals surface area contributed by atoms with Crippen LogP contribution in [0.3, 0.4) is 0 Å². The van der Waals surface area contributed by atoms with Crippen LogP contribution in [-0.4, -0.2) is 22.8 Å². The van der Waals surface area contributed by atoms with Gasteiger partial charge in [-0.15, -0.1) is 11.8 Å². The number of hydrogen-bond acceptors (Lipinski definition) is 3. The molecule has 0 aliphatic rings. The van der Waals surface area contributed by atoms with Crippen molar-refractivity contribution >= 4 is 28.6 Å². The minimum atomic E-state index is -0.306. The standard InChI is InChI=1S/C14H17NO2S/c1-14(2,3)18-9-5-6-12-10(7-9)11(8-15-12)13(16)17-4/h5-8,15H,1-4H3. The van der Waals surface area contributed by atoms with Crippen molar-refractivity contribution in [1.82, 2.24) is 4.98 Å². The van der Waals surface area contributed by atoms with Crippen LogP contribution in [0.15, 0.2) is 29.3 Å². The van der Waals surface area contributed by atoms with Crippen LogP contribution in [-0.2, 0) is 4.74 Å². The molecule has 18 heavy (non-hydrogen) atoms. The largest absolute Gasteiger partial charge is 0.465 e. The van der Waals surface area contributed by atoms with Gasteiger partial charge in [-0.05, 0) is 18.2 Å². The average molecular weight is 263 g/mol. The van der Waals surface area contributed by atoms with E-state index >= 15 is 0 Å². The maximum Gasteiger partial charge on any atom is 0.340 e. The van der Waals surface area contributed by atoms with E-state index in [2.05, 4.69) is 31.8 Å². The van der Waals surface area contributed by atoms with Gasteiger partial charge in [0.15, 0.2) is 0 Å². The highest BCUT2D eigenvalue weighted by Gasteiger charge is 2.15. The number of aromatic nitrogens is 1. The summed E-state index contributed by atoms with van der Waals surface area (Å²) >= 11 is 1.78. The maximum absolute atomic E-state index is 11.6. The van der Waals surface area contributed by atoms with Gasteiger partial charge in [0.05, 0.1) is 12.7 Å². The van der Waals surface area contributed by atoms with Gasteiger partial charge in [0.2, 0.25) is 0 Å². The van der Waals surface area contributed by atoms with Crippen LogP contribution in [0.1, 0.15) is 31.1 Å². The predicted molar refractivity (Wildman–Crippen MR) is 75.2 cm³/mol. The van der Waals surface area contributed by atoms with Gasteiger partial charge in [-0.25, -0.2) is 4.79 Å². The number of aromatic amines is 1. The number of methoxy groups -OCH3 is 1. The van der Waals surface area contributed by atoms with Crippen molar-refractivity contribution in [2.45, 2.75) is 30.4 Å². The lowest BCUT2D eigenvalue weighted by Crippen LogP contribution is -2.06. The Morgan fingerprint density at radius 2 is 2.06 bits per heavy atom. The summed E-state index contributed by atoms with van der Waals surface area (Å²) in [5, 5.41) is 0.913. The molecule has 0 amide bonds. The summed E-state index contributed by atoms with van der Waals surface area (Å²) in [6.07, 6.45) is 1.70. The molecule has 0 saturated carbocycles. The molecule has 2 aromatic rings. The highest BCUT2D eigenvalue weighted by molar-refractivity contribution is 8.00. The SMILES string of the molecule is COC(=O)c1c[nH]c2ccc(SC(C)(C)C)cc12. The van der Waals surface area contributed by atoms with Crippen molar-refractivity contribution in [3.8, 4) is 0 Å². The number of esters is 1. The summed E-state index contributed by atoms with van der Waals surface area (Å²) in [5.41, 5.74) is 1.54. The van der Waals surface area contributed by atoms with Gasteiger partial charge in [-0.2, -0.15) is 0 Å². The van der Waals surface area contributed by atoms with Gasteiger partial charge < -0.3 is 9.72 Å². The molecule has 4 heteroatoms. The minimum Gasteiger partial charge on any atom is -0.465 e. The fourth-order valence-electron chi connectivity index (χ4n) is 1.80. The van der Waals surface area contributed by atoms with Crippen molar-refractivity contribution in [1.29, 1.82) is 0 Å². The molecule has 96 valence electrons. The number of hydrogen-bond donors (Lipinski definition) is 1. The van der Waals surface area contributed by atoms with E-state index in [1.54, 1.807) is 18.0 Å². The van der Waals surface area contributed by atoms with Crippen molar-refractivity contribution < 1.29 is 9.53 Å². The molecule has 0 radical (unpaired) electrons. The van der Waals surface area contributed by atoms with Crippen molar-refractivity contribution in [3.63, 3.8) is 0 Å². The fourth-order valence-corrected chi connectivity index (χ4v) is 2.82. The third-order valence-corrected chi connectivity index (χ3v) is 3.58. The van der Waals surface area contributed by atoms with Gasteiger partial charge in [-0.3, -0.25) is 0 Å². The summed E-state index contributed by atoms with van der Waals surface area (Å²) in [6.45, 7) is 6.50. The molecule has 0 atom stereocenters. The van der Waals surface area contributed by atoms with Crippen LogP contribution < -0.4 is 0 Å². The Morgan fingerprint density at radius 3 is 2.67 bits per heavy atom. The molecular formula is C14H17NO2S. The molecule has 0 aliphatic heterocycles.